The topological polar surface area (TPSA) is 166 Å². The van der Waals surface area contributed by atoms with Gasteiger partial charge in [0.15, 0.2) is 0 Å². The van der Waals surface area contributed by atoms with E-state index in [9.17, 15) is 28.4 Å². The minimum Gasteiger partial charge on any atom is -0.347 e. The van der Waals surface area contributed by atoms with Crippen LogP contribution in [0.4, 0.5) is 26.0 Å². The molecule has 7 aromatic rings. The lowest BCUT2D eigenvalue weighted by atomic mass is 10.0. The number of thiophene rings is 1. The molecule has 0 spiro atoms. The fourth-order valence-corrected chi connectivity index (χ4v) is 11.9. The lowest BCUT2D eigenvalue weighted by Gasteiger charge is -2.21. The zero-order valence-corrected chi connectivity index (χ0v) is 48.7. The minimum atomic E-state index is -0.586. The molecule has 0 bridgehead atoms. The summed E-state index contributed by atoms with van der Waals surface area (Å²) >= 11 is 16.1. The van der Waals surface area contributed by atoms with Crippen molar-refractivity contribution in [2.24, 2.45) is 14.1 Å². The maximum atomic E-state index is 15.1. The summed E-state index contributed by atoms with van der Waals surface area (Å²) in [6, 6.07) is 19.0. The highest BCUT2D eigenvalue weighted by atomic mass is 127. The number of carbonyl (C=O) groups excluding carboxylic acids is 2. The molecule has 1 fully saturated rings. The highest BCUT2D eigenvalue weighted by Gasteiger charge is 2.32. The van der Waals surface area contributed by atoms with Crippen molar-refractivity contribution in [2.75, 3.05) is 23.7 Å². The maximum absolute atomic E-state index is 15.1. The summed E-state index contributed by atoms with van der Waals surface area (Å²) in [5, 5.41) is 17.3. The molecule has 78 heavy (non-hydrogen) atoms. The Kier molecular flexibility index (Phi) is 20.6. The molecule has 1 saturated carbocycles. The number of unbranched alkanes of at least 4 members (excludes halogenated alkanes) is 12. The summed E-state index contributed by atoms with van der Waals surface area (Å²) in [6.07, 6.45) is 18.0. The Labute approximate surface area is 480 Å². The number of aromatic nitrogens is 5. The van der Waals surface area contributed by atoms with E-state index in [1.54, 1.807) is 67.3 Å². The van der Waals surface area contributed by atoms with Crippen LogP contribution in [0.3, 0.4) is 0 Å². The predicted octanol–water partition coefficient (Wildman–Crippen LogP) is 12.9. The first-order valence-electron chi connectivity index (χ1n) is 26.9. The lowest BCUT2D eigenvalue weighted by Crippen LogP contribution is -2.43. The van der Waals surface area contributed by atoms with Crippen LogP contribution in [-0.2, 0) is 25.3 Å². The number of rotatable bonds is 28. The molecule has 1 atom stereocenters. The van der Waals surface area contributed by atoms with E-state index in [-0.39, 0.29) is 57.7 Å². The van der Waals surface area contributed by atoms with Crippen LogP contribution in [0.1, 0.15) is 130 Å². The van der Waals surface area contributed by atoms with E-state index in [4.69, 9.17) is 23.2 Å². The first-order valence-corrected chi connectivity index (χ1v) is 29.5. The van der Waals surface area contributed by atoms with Gasteiger partial charge < -0.3 is 21.3 Å². The molecule has 4 N–H and O–H groups in total. The van der Waals surface area contributed by atoms with Gasteiger partial charge in [0.1, 0.15) is 27.2 Å². The number of benzene rings is 3. The quantitative estimate of drug-likeness (QED) is 0.0278. The molecule has 0 saturated heterocycles. The van der Waals surface area contributed by atoms with Crippen LogP contribution in [0.25, 0.3) is 27.8 Å². The number of pyridine rings is 1. The lowest BCUT2D eigenvalue weighted by molar-refractivity contribution is -0.116. The number of fused-ring (bicyclic) bond motifs is 1. The van der Waals surface area contributed by atoms with Crippen LogP contribution in [0.2, 0.25) is 9.36 Å². The maximum Gasteiger partial charge on any atom is 0.336 e. The Morgan fingerprint density at radius 1 is 0.833 bits per heavy atom. The molecule has 8 rings (SSSR count). The second kappa shape index (κ2) is 27.5. The Balaban J connectivity index is 0.718. The van der Waals surface area contributed by atoms with Gasteiger partial charge >= 0.3 is 5.69 Å². The molecular formula is C58H66Cl2F2IN9O5S. The molecule has 20 heteroatoms. The summed E-state index contributed by atoms with van der Waals surface area (Å²) < 4.78 is 35.8. The number of aryl methyl sites for hydroxylation is 2. The van der Waals surface area contributed by atoms with Crippen molar-refractivity contribution in [3.8, 4) is 16.9 Å². The van der Waals surface area contributed by atoms with Crippen LogP contribution in [-0.4, -0.2) is 54.4 Å². The molecule has 1 aliphatic rings. The predicted molar refractivity (Wildman–Crippen MR) is 318 cm³/mol. The Morgan fingerprint density at radius 3 is 2.17 bits per heavy atom. The molecule has 0 radical (unpaired) electrons. The van der Waals surface area contributed by atoms with Gasteiger partial charge in [-0.15, -0.1) is 11.3 Å². The largest absolute Gasteiger partial charge is 0.347 e. The molecule has 14 nitrogen and oxygen atoms in total. The summed E-state index contributed by atoms with van der Waals surface area (Å²) in [5.74, 6) is -1.20. The average molecular weight is 1240 g/mol. The minimum absolute atomic E-state index is 0.0728. The van der Waals surface area contributed by atoms with E-state index in [0.717, 1.165) is 50.6 Å². The number of amides is 2. The summed E-state index contributed by atoms with van der Waals surface area (Å²) in [5.41, 5.74) is 1.73. The van der Waals surface area contributed by atoms with Crippen molar-refractivity contribution in [3.05, 3.63) is 151 Å². The van der Waals surface area contributed by atoms with E-state index in [1.807, 2.05) is 28.7 Å². The first kappa shape index (κ1) is 58.5. The zero-order valence-electron chi connectivity index (χ0n) is 44.2. The van der Waals surface area contributed by atoms with Gasteiger partial charge in [-0.05, 0) is 128 Å². The summed E-state index contributed by atoms with van der Waals surface area (Å²) in [7, 11) is 3.28. The van der Waals surface area contributed by atoms with Crippen LogP contribution < -0.4 is 38.1 Å². The third-order valence-electron chi connectivity index (χ3n) is 14.2. The molecule has 1 aliphatic carbocycles. The molecule has 0 unspecified atom stereocenters. The highest BCUT2D eigenvalue weighted by molar-refractivity contribution is 14.1. The standard InChI is InChI=1S/C58H66Cl2F2IN9O5S/c1-36-51-50(54(69(2)56(36)75)68-47-27-24-39(63)31-46(47)62)57(76)72(42-25-26-42)58(77)71(51)43-22-18-21-40(32-43)66-49(73)23-15-13-11-9-7-5-4-6-8-10-12-14-16-28-64-34-41(30-37-19-17-20-38(61)29-37)67-55(74)48-33-44(53(60)78-48)52-45(59)35-65-70(52)3/h17-22,24,27,29,31-33,35,41-42,64,68H,4-16,23,25-26,28,30,34H2,1-3H3,(H,66,73)(H,67,74)/t41-/m0/s1. The molecule has 4 aromatic heterocycles. The van der Waals surface area contributed by atoms with Gasteiger partial charge in [0, 0.05) is 59.5 Å². The highest BCUT2D eigenvalue weighted by Crippen LogP contribution is 2.39. The third kappa shape index (κ3) is 14.8. The van der Waals surface area contributed by atoms with E-state index < -0.39 is 22.6 Å². The average Bonchev–Trinajstić information content (AvgIpc) is 4.23. The molecule has 4 heterocycles. The van der Waals surface area contributed by atoms with Crippen molar-refractivity contribution in [1.29, 1.82) is 0 Å². The smallest absolute Gasteiger partial charge is 0.336 e. The normalized spacial score (nSPS) is 12.8. The number of carbonyl (C=O) groups is 2. The van der Waals surface area contributed by atoms with E-state index in [2.05, 4.69) is 26.4 Å². The van der Waals surface area contributed by atoms with Crippen LogP contribution in [0, 0.1) is 22.1 Å². The Bertz CT molecular complexity index is 3440. The first-order chi connectivity index (χ1) is 37.6. The zero-order chi connectivity index (χ0) is 55.5. The fourth-order valence-electron chi connectivity index (χ4n) is 10.0. The summed E-state index contributed by atoms with van der Waals surface area (Å²) in [6.45, 7) is 2.92. The van der Waals surface area contributed by atoms with Gasteiger partial charge in [-0.3, -0.25) is 37.6 Å². The van der Waals surface area contributed by atoms with E-state index >= 15 is 4.39 Å². The van der Waals surface area contributed by atoms with Gasteiger partial charge in [-0.2, -0.15) is 5.10 Å². The molecule has 0 aliphatic heterocycles. The van der Waals surface area contributed by atoms with Gasteiger partial charge in [0.25, 0.3) is 17.0 Å². The number of hydrogen-bond donors (Lipinski definition) is 4. The van der Waals surface area contributed by atoms with Crippen LogP contribution >= 0.6 is 57.1 Å². The molecule has 3 aromatic carbocycles. The number of nitrogens with zero attached hydrogens (tertiary/aromatic N) is 5. The molecule has 414 valence electrons. The van der Waals surface area contributed by atoms with Crippen molar-refractivity contribution in [1.82, 2.24) is 34.1 Å². The summed E-state index contributed by atoms with van der Waals surface area (Å²) in [4.78, 5) is 69.3. The van der Waals surface area contributed by atoms with Crippen LogP contribution in [0.15, 0.2) is 93.4 Å². The van der Waals surface area contributed by atoms with E-state index in [1.165, 1.54) is 101 Å². The van der Waals surface area contributed by atoms with Crippen LogP contribution in [0.5, 0.6) is 0 Å². The SMILES string of the molecule is Cc1c(=O)n(C)c(Nc2ccc(I)cc2F)c2c(=O)n(C3CC3)c(=O)n(-c3cccc(NC(=O)CCCCCCCCCCCCCCCNC[C@H](Cc4cccc(F)c4)NC(=O)c4cc(-c5c(Cl)cnn5C)c(Cl)s4)c3)c12. The number of nitrogens with one attached hydrogen (secondary N) is 4. The number of hydrogen-bond acceptors (Lipinski definition) is 9. The third-order valence-corrected chi connectivity index (χ3v) is 16.5. The second-order valence-corrected chi connectivity index (χ2v) is 23.6. The Hall–Kier alpha value is -5.67. The van der Waals surface area contributed by atoms with Crippen molar-refractivity contribution in [2.45, 2.75) is 128 Å². The molecular weight excluding hydrogens is 1170 g/mol. The Morgan fingerprint density at radius 2 is 1.51 bits per heavy atom. The van der Waals surface area contributed by atoms with Gasteiger partial charge in [0.05, 0.1) is 38.7 Å². The van der Waals surface area contributed by atoms with Gasteiger partial charge in [-0.25, -0.2) is 13.6 Å². The number of halogens is 5. The van der Waals surface area contributed by atoms with E-state index in [0.29, 0.717) is 72.7 Å². The fraction of sp³-hybridized carbons (Fsp3) is 0.414. The second-order valence-electron chi connectivity index (χ2n) is 20.3. The van der Waals surface area contributed by atoms with Crippen molar-refractivity contribution >= 4 is 97.0 Å². The van der Waals surface area contributed by atoms with Gasteiger partial charge in [0.2, 0.25) is 5.91 Å². The number of anilines is 3. The monoisotopic (exact) mass is 1240 g/mol. The van der Waals surface area contributed by atoms with Crippen molar-refractivity contribution < 1.29 is 18.4 Å². The molecule has 2 amide bonds. The van der Waals surface area contributed by atoms with Gasteiger partial charge in [-0.1, -0.05) is 112 Å². The van der Waals surface area contributed by atoms with Crippen molar-refractivity contribution in [3.63, 3.8) is 0 Å².